The number of benzene rings is 1. The van der Waals surface area contributed by atoms with Crippen LogP contribution in [0.15, 0.2) is 16.6 Å². The van der Waals surface area contributed by atoms with Crippen LogP contribution >= 0.6 is 15.9 Å². The Kier molecular flexibility index (Phi) is 4.51. The zero-order valence-electron chi connectivity index (χ0n) is 11.5. The molecule has 0 aliphatic heterocycles. The number of carbonyl (C=O) groups excluding carboxylic acids is 1. The van der Waals surface area contributed by atoms with Crippen molar-refractivity contribution in [3.8, 4) is 0 Å². The van der Waals surface area contributed by atoms with Crippen molar-refractivity contribution in [1.82, 2.24) is 5.32 Å². The first kappa shape index (κ1) is 15.8. The lowest BCUT2D eigenvalue weighted by Crippen LogP contribution is -2.48. The summed E-state index contributed by atoms with van der Waals surface area (Å²) >= 11 is 3.06. The van der Waals surface area contributed by atoms with Crippen molar-refractivity contribution < 1.29 is 19.1 Å². The first-order valence-electron chi connectivity index (χ1n) is 6.58. The van der Waals surface area contributed by atoms with Gasteiger partial charge in [0.05, 0.1) is 9.89 Å². The number of carboxylic acid groups (broad SMARTS) is 1. The first-order valence-corrected chi connectivity index (χ1v) is 7.37. The molecule has 0 spiro atoms. The van der Waals surface area contributed by atoms with Crippen LogP contribution in [0.4, 0.5) is 14.9 Å². The number of anilines is 1. The number of rotatable bonds is 4. The number of carboxylic acids is 1. The maximum atomic E-state index is 13.3. The summed E-state index contributed by atoms with van der Waals surface area (Å²) in [6, 6.07) is 2.29. The van der Waals surface area contributed by atoms with Crippen LogP contribution in [0.2, 0.25) is 0 Å². The van der Waals surface area contributed by atoms with Crippen LogP contribution < -0.4 is 10.6 Å². The van der Waals surface area contributed by atoms with Crippen LogP contribution in [0, 0.1) is 18.2 Å². The molecule has 1 aliphatic carbocycles. The highest BCUT2D eigenvalue weighted by molar-refractivity contribution is 9.10. The van der Waals surface area contributed by atoms with E-state index in [-0.39, 0.29) is 11.0 Å². The van der Waals surface area contributed by atoms with Gasteiger partial charge in [0.1, 0.15) is 5.82 Å². The molecule has 0 unspecified atom stereocenters. The Morgan fingerprint density at radius 1 is 1.43 bits per heavy atom. The molecular formula is C14H16BrFN2O3. The summed E-state index contributed by atoms with van der Waals surface area (Å²) in [6.07, 6.45) is 2.01. The van der Waals surface area contributed by atoms with Gasteiger partial charge in [-0.15, -0.1) is 0 Å². The van der Waals surface area contributed by atoms with E-state index < -0.39 is 23.2 Å². The van der Waals surface area contributed by atoms with E-state index in [1.807, 2.05) is 0 Å². The minimum Gasteiger partial charge on any atom is -0.481 e. The van der Waals surface area contributed by atoms with E-state index in [1.165, 1.54) is 12.1 Å². The van der Waals surface area contributed by atoms with Gasteiger partial charge in [-0.05, 0) is 53.4 Å². The molecular weight excluding hydrogens is 343 g/mol. The second kappa shape index (κ2) is 6.01. The van der Waals surface area contributed by atoms with Crippen LogP contribution in [-0.2, 0) is 4.79 Å². The van der Waals surface area contributed by atoms with Gasteiger partial charge in [-0.3, -0.25) is 4.79 Å². The Hall–Kier alpha value is -1.63. The molecule has 0 aromatic heterocycles. The molecule has 2 amide bonds. The summed E-state index contributed by atoms with van der Waals surface area (Å²) in [7, 11) is 0. The molecule has 1 aromatic carbocycles. The van der Waals surface area contributed by atoms with E-state index in [0.29, 0.717) is 24.1 Å². The van der Waals surface area contributed by atoms with Crippen molar-refractivity contribution >= 4 is 33.6 Å². The average molecular weight is 359 g/mol. The molecule has 1 aliphatic rings. The number of nitrogens with one attached hydrogen (secondary N) is 2. The number of carbonyl (C=O) groups is 2. The highest BCUT2D eigenvalue weighted by atomic mass is 79.9. The van der Waals surface area contributed by atoms with Crippen molar-refractivity contribution in [2.45, 2.75) is 26.2 Å². The fourth-order valence-electron chi connectivity index (χ4n) is 2.27. The third-order valence-corrected chi connectivity index (χ3v) is 4.47. The maximum absolute atomic E-state index is 13.3. The summed E-state index contributed by atoms with van der Waals surface area (Å²) in [4.78, 5) is 23.0. The zero-order valence-corrected chi connectivity index (χ0v) is 13.1. The number of aliphatic carboxylic acids is 1. The fraction of sp³-hybridized carbons (Fsp3) is 0.429. The fourth-order valence-corrected chi connectivity index (χ4v) is 2.61. The second-order valence-corrected chi connectivity index (χ2v) is 6.18. The van der Waals surface area contributed by atoms with Crippen molar-refractivity contribution in [2.24, 2.45) is 5.41 Å². The number of urea groups is 1. The smallest absolute Gasteiger partial charge is 0.319 e. The molecule has 21 heavy (non-hydrogen) atoms. The predicted octanol–water partition coefficient (Wildman–Crippen LogP) is 3.27. The molecule has 0 saturated heterocycles. The van der Waals surface area contributed by atoms with Crippen LogP contribution in [0.1, 0.15) is 24.8 Å². The summed E-state index contributed by atoms with van der Waals surface area (Å²) in [5.74, 6) is -1.28. The maximum Gasteiger partial charge on any atom is 0.319 e. The van der Waals surface area contributed by atoms with Crippen molar-refractivity contribution in [3.63, 3.8) is 0 Å². The summed E-state index contributed by atoms with van der Waals surface area (Å²) in [5.41, 5.74) is 0.219. The number of amides is 2. The van der Waals surface area contributed by atoms with E-state index in [0.717, 1.165) is 6.42 Å². The van der Waals surface area contributed by atoms with E-state index >= 15 is 0 Å². The first-order chi connectivity index (χ1) is 9.84. The molecule has 1 aromatic rings. The van der Waals surface area contributed by atoms with Crippen molar-refractivity contribution in [2.75, 3.05) is 11.9 Å². The second-order valence-electron chi connectivity index (χ2n) is 5.33. The molecule has 114 valence electrons. The molecule has 7 heteroatoms. The number of hydrogen-bond acceptors (Lipinski definition) is 2. The lowest BCUT2D eigenvalue weighted by atomic mass is 9.69. The van der Waals surface area contributed by atoms with Gasteiger partial charge in [0.15, 0.2) is 0 Å². The predicted molar refractivity (Wildman–Crippen MR) is 79.8 cm³/mol. The highest BCUT2D eigenvalue weighted by Gasteiger charge is 2.44. The summed E-state index contributed by atoms with van der Waals surface area (Å²) < 4.78 is 13.6. The number of aryl methyl sites for hydroxylation is 1. The standard InChI is InChI=1S/C14H16BrFN2O3/c1-8-5-10(16)9(15)6-11(8)18-13(21)17-7-14(12(19)20)3-2-4-14/h5-6H,2-4,7H2,1H3,(H,19,20)(H2,17,18,21). The topological polar surface area (TPSA) is 78.4 Å². The van der Waals surface area contributed by atoms with E-state index in [9.17, 15) is 19.1 Å². The Labute approximate surface area is 130 Å². The van der Waals surface area contributed by atoms with Gasteiger partial charge < -0.3 is 15.7 Å². The van der Waals surface area contributed by atoms with Gasteiger partial charge in [0.2, 0.25) is 0 Å². The normalized spacial score (nSPS) is 16.0. The molecule has 0 heterocycles. The third kappa shape index (κ3) is 3.34. The SMILES string of the molecule is Cc1cc(F)c(Br)cc1NC(=O)NCC1(C(=O)O)CCC1. The molecule has 3 N–H and O–H groups in total. The largest absolute Gasteiger partial charge is 0.481 e. The van der Waals surface area contributed by atoms with Crippen LogP contribution in [0.3, 0.4) is 0 Å². The number of halogens is 2. The van der Waals surface area contributed by atoms with E-state index in [4.69, 9.17) is 0 Å². The van der Waals surface area contributed by atoms with Gasteiger partial charge in [0, 0.05) is 12.2 Å². The van der Waals surface area contributed by atoms with E-state index in [1.54, 1.807) is 6.92 Å². The Bertz CT molecular complexity index is 588. The molecule has 0 bridgehead atoms. The van der Waals surface area contributed by atoms with Gasteiger partial charge in [-0.25, -0.2) is 9.18 Å². The van der Waals surface area contributed by atoms with Crippen LogP contribution in [-0.4, -0.2) is 23.7 Å². The lowest BCUT2D eigenvalue weighted by molar-refractivity contribution is -0.153. The Morgan fingerprint density at radius 2 is 2.10 bits per heavy atom. The molecule has 2 rings (SSSR count). The lowest BCUT2D eigenvalue weighted by Gasteiger charge is -2.37. The minimum absolute atomic E-state index is 0.0928. The third-order valence-electron chi connectivity index (χ3n) is 3.87. The Morgan fingerprint density at radius 3 is 2.62 bits per heavy atom. The zero-order chi connectivity index (χ0) is 15.6. The van der Waals surface area contributed by atoms with Crippen LogP contribution in [0.25, 0.3) is 0 Å². The average Bonchev–Trinajstić information content (AvgIpc) is 2.34. The summed E-state index contributed by atoms with van der Waals surface area (Å²) in [6.45, 7) is 1.77. The number of hydrogen-bond donors (Lipinski definition) is 3. The summed E-state index contributed by atoms with van der Waals surface area (Å²) in [5, 5.41) is 14.4. The van der Waals surface area contributed by atoms with Gasteiger partial charge >= 0.3 is 12.0 Å². The van der Waals surface area contributed by atoms with E-state index in [2.05, 4.69) is 26.6 Å². The van der Waals surface area contributed by atoms with Gasteiger partial charge in [0.25, 0.3) is 0 Å². The molecule has 5 nitrogen and oxygen atoms in total. The van der Waals surface area contributed by atoms with Gasteiger partial charge in [-0.2, -0.15) is 0 Å². The monoisotopic (exact) mass is 358 g/mol. The quantitative estimate of drug-likeness (QED) is 0.772. The molecule has 1 saturated carbocycles. The van der Waals surface area contributed by atoms with Crippen molar-refractivity contribution in [3.05, 3.63) is 28.0 Å². The van der Waals surface area contributed by atoms with Crippen molar-refractivity contribution in [1.29, 1.82) is 0 Å². The Balaban J connectivity index is 1.96. The molecule has 0 radical (unpaired) electrons. The molecule has 1 fully saturated rings. The van der Waals surface area contributed by atoms with Crippen LogP contribution in [0.5, 0.6) is 0 Å². The molecule has 0 atom stereocenters. The van der Waals surface area contributed by atoms with Gasteiger partial charge in [-0.1, -0.05) is 6.42 Å². The minimum atomic E-state index is -0.880. The highest BCUT2D eigenvalue weighted by Crippen LogP contribution is 2.40.